The summed E-state index contributed by atoms with van der Waals surface area (Å²) in [5, 5.41) is 0. The van der Waals surface area contributed by atoms with Gasteiger partial charge in [0.2, 0.25) is 0 Å². The summed E-state index contributed by atoms with van der Waals surface area (Å²) in [6, 6.07) is 6.90. The first-order chi connectivity index (χ1) is 8.50. The fourth-order valence-corrected chi connectivity index (χ4v) is 3.28. The zero-order chi connectivity index (χ0) is 13.0. The van der Waals surface area contributed by atoms with Crippen molar-refractivity contribution in [1.29, 1.82) is 0 Å². The highest BCUT2D eigenvalue weighted by Crippen LogP contribution is 2.43. The molecule has 0 heteroatoms. The maximum absolute atomic E-state index is 2.33. The Kier molecular flexibility index (Phi) is 2.38. The Balaban J connectivity index is 2.37. The molecular weight excluding hydrogens is 216 g/mol. The maximum Gasteiger partial charge on any atom is -0.000789 e. The molecule has 0 saturated heterocycles. The van der Waals surface area contributed by atoms with Crippen molar-refractivity contribution >= 4 is 0 Å². The van der Waals surface area contributed by atoms with Gasteiger partial charge in [0.05, 0.1) is 0 Å². The summed E-state index contributed by atoms with van der Waals surface area (Å²) in [4.78, 5) is 0. The van der Waals surface area contributed by atoms with Crippen molar-refractivity contribution in [2.75, 3.05) is 0 Å². The largest absolute Gasteiger partial charge is 0.0584 e. The minimum absolute atomic E-state index is 1.12. The third kappa shape index (κ3) is 1.38. The average Bonchev–Trinajstić information content (AvgIpc) is 2.72. The molecule has 0 spiro atoms. The lowest BCUT2D eigenvalue weighted by molar-refractivity contribution is 1.15. The zero-order valence-electron chi connectivity index (χ0n) is 11.9. The van der Waals surface area contributed by atoms with Gasteiger partial charge in [-0.25, -0.2) is 0 Å². The molecular formula is C18H20. The highest BCUT2D eigenvalue weighted by Gasteiger charge is 2.24. The molecule has 0 fully saturated rings. The van der Waals surface area contributed by atoms with E-state index in [2.05, 4.69) is 52.8 Å². The van der Waals surface area contributed by atoms with E-state index in [9.17, 15) is 0 Å². The van der Waals surface area contributed by atoms with E-state index in [-0.39, 0.29) is 0 Å². The van der Waals surface area contributed by atoms with Gasteiger partial charge in [-0.15, -0.1) is 0 Å². The van der Waals surface area contributed by atoms with Crippen LogP contribution in [-0.2, 0) is 6.42 Å². The van der Waals surface area contributed by atoms with E-state index in [0.717, 1.165) is 6.42 Å². The van der Waals surface area contributed by atoms with Crippen LogP contribution in [0.2, 0.25) is 0 Å². The van der Waals surface area contributed by atoms with Gasteiger partial charge in [0.1, 0.15) is 0 Å². The molecule has 0 aromatic heterocycles. The minimum atomic E-state index is 1.12. The summed E-state index contributed by atoms with van der Waals surface area (Å²) in [5.74, 6) is 0. The smallest absolute Gasteiger partial charge is 0.000789 e. The molecule has 0 N–H and O–H groups in total. The van der Waals surface area contributed by atoms with E-state index in [4.69, 9.17) is 0 Å². The van der Waals surface area contributed by atoms with Crippen molar-refractivity contribution < 1.29 is 0 Å². The Hall–Kier alpha value is -1.56. The molecule has 92 valence electrons. The molecule has 0 atom stereocenters. The van der Waals surface area contributed by atoms with E-state index in [1.54, 1.807) is 11.1 Å². The van der Waals surface area contributed by atoms with Gasteiger partial charge in [0.15, 0.2) is 0 Å². The van der Waals surface area contributed by atoms with Crippen LogP contribution in [0.3, 0.4) is 0 Å². The number of aryl methyl sites for hydroxylation is 3. The Labute approximate surface area is 110 Å². The molecule has 3 rings (SSSR count). The van der Waals surface area contributed by atoms with Gasteiger partial charge >= 0.3 is 0 Å². The average molecular weight is 236 g/mol. The molecule has 0 amide bonds. The second-order valence-corrected chi connectivity index (χ2v) is 5.70. The number of hydrogen-bond acceptors (Lipinski definition) is 0. The van der Waals surface area contributed by atoms with Gasteiger partial charge in [-0.05, 0) is 91.1 Å². The van der Waals surface area contributed by atoms with Crippen molar-refractivity contribution in [3.8, 4) is 11.1 Å². The SMILES string of the molecule is Cc1ccc2c(c1C)Cc1c(C)c(C)cc(C)c1-2. The summed E-state index contributed by atoms with van der Waals surface area (Å²) >= 11 is 0. The van der Waals surface area contributed by atoms with E-state index in [1.807, 2.05) is 0 Å². The second-order valence-electron chi connectivity index (χ2n) is 5.70. The number of rotatable bonds is 0. The van der Waals surface area contributed by atoms with E-state index < -0.39 is 0 Å². The molecule has 2 aromatic rings. The zero-order valence-corrected chi connectivity index (χ0v) is 11.9. The Morgan fingerprint density at radius 2 is 1.39 bits per heavy atom. The summed E-state index contributed by atoms with van der Waals surface area (Å²) in [6.07, 6.45) is 1.12. The maximum atomic E-state index is 2.33. The molecule has 18 heavy (non-hydrogen) atoms. The van der Waals surface area contributed by atoms with Crippen molar-refractivity contribution in [3.63, 3.8) is 0 Å². The van der Waals surface area contributed by atoms with Gasteiger partial charge < -0.3 is 0 Å². The minimum Gasteiger partial charge on any atom is -0.0584 e. The number of benzene rings is 2. The van der Waals surface area contributed by atoms with Crippen LogP contribution in [0.15, 0.2) is 18.2 Å². The molecule has 0 bridgehead atoms. The molecule has 0 heterocycles. The number of fused-ring (bicyclic) bond motifs is 3. The van der Waals surface area contributed by atoms with Crippen LogP contribution in [0.25, 0.3) is 11.1 Å². The summed E-state index contributed by atoms with van der Waals surface area (Å²) in [6.45, 7) is 11.2. The van der Waals surface area contributed by atoms with Gasteiger partial charge in [0, 0.05) is 0 Å². The van der Waals surface area contributed by atoms with Gasteiger partial charge in [-0.2, -0.15) is 0 Å². The Bertz CT molecular complexity index is 660. The van der Waals surface area contributed by atoms with Crippen molar-refractivity contribution in [2.45, 2.75) is 41.0 Å². The lowest BCUT2D eigenvalue weighted by atomic mass is 9.93. The van der Waals surface area contributed by atoms with Crippen molar-refractivity contribution in [2.24, 2.45) is 0 Å². The fourth-order valence-electron chi connectivity index (χ4n) is 3.28. The molecule has 0 radical (unpaired) electrons. The van der Waals surface area contributed by atoms with Crippen LogP contribution in [0.1, 0.15) is 38.9 Å². The van der Waals surface area contributed by atoms with Crippen LogP contribution >= 0.6 is 0 Å². The lowest BCUT2D eigenvalue weighted by Gasteiger charge is -2.11. The normalized spacial score (nSPS) is 12.5. The standard InChI is InChI=1S/C18H20/c1-10-6-7-15-16(13(10)4)9-17-14(5)11(2)8-12(3)18(15)17/h6-8H,9H2,1-5H3. The van der Waals surface area contributed by atoms with Gasteiger partial charge in [0.25, 0.3) is 0 Å². The van der Waals surface area contributed by atoms with E-state index in [0.29, 0.717) is 0 Å². The molecule has 1 aliphatic carbocycles. The topological polar surface area (TPSA) is 0 Å². The first-order valence-electron chi connectivity index (χ1n) is 6.70. The van der Waals surface area contributed by atoms with Crippen LogP contribution in [0.5, 0.6) is 0 Å². The van der Waals surface area contributed by atoms with Crippen molar-refractivity contribution in [3.05, 3.63) is 57.1 Å². The molecule has 2 aromatic carbocycles. The highest BCUT2D eigenvalue weighted by molar-refractivity contribution is 5.82. The highest BCUT2D eigenvalue weighted by atomic mass is 14.3. The fraction of sp³-hybridized carbons (Fsp3) is 0.333. The summed E-state index contributed by atoms with van der Waals surface area (Å²) in [5.41, 5.74) is 13.3. The van der Waals surface area contributed by atoms with Crippen LogP contribution in [0.4, 0.5) is 0 Å². The second kappa shape index (κ2) is 3.71. The molecule has 0 nitrogen and oxygen atoms in total. The Morgan fingerprint density at radius 1 is 0.722 bits per heavy atom. The van der Waals surface area contributed by atoms with Crippen LogP contribution in [0, 0.1) is 34.6 Å². The van der Waals surface area contributed by atoms with Crippen LogP contribution in [-0.4, -0.2) is 0 Å². The molecule has 1 aliphatic rings. The monoisotopic (exact) mass is 236 g/mol. The Morgan fingerprint density at radius 3 is 2.11 bits per heavy atom. The predicted molar refractivity (Wildman–Crippen MR) is 78.4 cm³/mol. The third-order valence-electron chi connectivity index (χ3n) is 4.67. The van der Waals surface area contributed by atoms with Gasteiger partial charge in [-0.1, -0.05) is 18.2 Å². The quantitative estimate of drug-likeness (QED) is 0.526. The molecule has 0 aliphatic heterocycles. The molecule has 0 unspecified atom stereocenters. The van der Waals surface area contributed by atoms with E-state index >= 15 is 0 Å². The third-order valence-corrected chi connectivity index (χ3v) is 4.67. The van der Waals surface area contributed by atoms with Gasteiger partial charge in [-0.3, -0.25) is 0 Å². The predicted octanol–water partition coefficient (Wildman–Crippen LogP) is 4.80. The summed E-state index contributed by atoms with van der Waals surface area (Å²) in [7, 11) is 0. The lowest BCUT2D eigenvalue weighted by Crippen LogP contribution is -1.93. The van der Waals surface area contributed by atoms with E-state index in [1.165, 1.54) is 38.9 Å². The van der Waals surface area contributed by atoms with Crippen LogP contribution < -0.4 is 0 Å². The first-order valence-corrected chi connectivity index (χ1v) is 6.70. The first kappa shape index (κ1) is 11.5. The van der Waals surface area contributed by atoms with Crippen molar-refractivity contribution in [1.82, 2.24) is 0 Å². The summed E-state index contributed by atoms with van der Waals surface area (Å²) < 4.78 is 0. The number of hydrogen-bond donors (Lipinski definition) is 0. The molecule has 0 saturated carbocycles.